The third-order valence-electron chi connectivity index (χ3n) is 5.55. The van der Waals surface area contributed by atoms with Gasteiger partial charge in [-0.2, -0.15) is 0 Å². The average molecular weight is 413 g/mol. The Morgan fingerprint density at radius 3 is 2.42 bits per heavy atom. The monoisotopic (exact) mass is 413 g/mol. The lowest BCUT2D eigenvalue weighted by molar-refractivity contribution is 0.0902. The number of benzene rings is 2. The molecule has 1 aliphatic rings. The van der Waals surface area contributed by atoms with Crippen molar-refractivity contribution in [2.24, 2.45) is 0 Å². The van der Waals surface area contributed by atoms with Crippen LogP contribution < -0.4 is 5.32 Å². The number of halogens is 1. The second kappa shape index (κ2) is 8.10. The minimum absolute atomic E-state index is 0.0189. The maximum atomic E-state index is 14.7. The molecule has 0 atom stereocenters. The Labute approximate surface area is 178 Å². The van der Waals surface area contributed by atoms with E-state index in [9.17, 15) is 9.18 Å². The second-order valence-electron chi connectivity index (χ2n) is 7.59. The number of carbonyl (C=O) groups is 1. The zero-order valence-electron chi connectivity index (χ0n) is 16.6. The Bertz CT molecular complexity index is 1200. The van der Waals surface area contributed by atoms with E-state index >= 15 is 0 Å². The Hall–Kier alpha value is -3.87. The topological polar surface area (TPSA) is 72.7 Å². The second-order valence-corrected chi connectivity index (χ2v) is 7.59. The van der Waals surface area contributed by atoms with E-state index < -0.39 is 0 Å². The Kier molecular flexibility index (Phi) is 5.00. The summed E-state index contributed by atoms with van der Waals surface area (Å²) in [5.74, 6) is 0.845. The van der Waals surface area contributed by atoms with E-state index in [1.165, 1.54) is 6.07 Å². The van der Waals surface area contributed by atoms with Gasteiger partial charge in [-0.15, -0.1) is 10.2 Å². The highest BCUT2D eigenvalue weighted by molar-refractivity contribution is 5.92. The first-order chi connectivity index (χ1) is 15.2. The predicted octanol–water partition coefficient (Wildman–Crippen LogP) is 4.14. The minimum atomic E-state index is -0.333. The van der Waals surface area contributed by atoms with Gasteiger partial charge in [0, 0.05) is 23.7 Å². The number of carbonyl (C=O) groups excluding carboxylic acids is 1. The summed E-state index contributed by atoms with van der Waals surface area (Å²) in [6.45, 7) is 0. The molecule has 154 valence electrons. The number of rotatable bonds is 5. The number of nitrogens with zero attached hydrogens (tertiary/aromatic N) is 4. The van der Waals surface area contributed by atoms with Gasteiger partial charge in [0.2, 0.25) is 0 Å². The lowest BCUT2D eigenvalue weighted by Gasteiger charge is -2.35. The van der Waals surface area contributed by atoms with Gasteiger partial charge in [0.25, 0.3) is 5.91 Å². The number of aromatic nitrogens is 4. The summed E-state index contributed by atoms with van der Waals surface area (Å²) in [7, 11) is 0. The van der Waals surface area contributed by atoms with E-state index in [0.717, 1.165) is 5.56 Å². The molecule has 1 aliphatic carbocycles. The van der Waals surface area contributed by atoms with E-state index in [4.69, 9.17) is 0 Å². The molecule has 0 aliphatic heterocycles. The smallest absolute Gasteiger partial charge is 0.270 e. The summed E-state index contributed by atoms with van der Waals surface area (Å²) in [5.41, 5.74) is 1.68. The van der Waals surface area contributed by atoms with Crippen molar-refractivity contribution in [1.82, 2.24) is 25.1 Å². The van der Waals surface area contributed by atoms with Gasteiger partial charge in [0.15, 0.2) is 5.82 Å². The van der Waals surface area contributed by atoms with Crippen molar-refractivity contribution in [3.8, 4) is 17.1 Å². The minimum Gasteiger partial charge on any atom is -0.348 e. The summed E-state index contributed by atoms with van der Waals surface area (Å²) in [6.07, 6.45) is 3.01. The molecule has 1 saturated carbocycles. The fourth-order valence-corrected chi connectivity index (χ4v) is 3.91. The van der Waals surface area contributed by atoms with E-state index in [1.807, 2.05) is 30.3 Å². The van der Waals surface area contributed by atoms with Gasteiger partial charge in [0.05, 0.1) is 5.69 Å². The van der Waals surface area contributed by atoms with Crippen molar-refractivity contribution in [2.75, 3.05) is 0 Å². The summed E-state index contributed by atoms with van der Waals surface area (Å²) >= 11 is 0. The SMILES string of the molecule is O=C(N[C@H]1C[C@H](c2nnc(-c3ccccc3)n2-c2ccccc2F)C1)c1ccccn1. The van der Waals surface area contributed by atoms with Gasteiger partial charge >= 0.3 is 0 Å². The summed E-state index contributed by atoms with van der Waals surface area (Å²) < 4.78 is 16.5. The van der Waals surface area contributed by atoms with Gasteiger partial charge in [-0.25, -0.2) is 4.39 Å². The number of pyridine rings is 1. The number of amides is 1. The van der Waals surface area contributed by atoms with Crippen molar-refractivity contribution >= 4 is 5.91 Å². The van der Waals surface area contributed by atoms with Gasteiger partial charge in [-0.05, 0) is 37.1 Å². The fraction of sp³-hybridized carbons (Fsp3) is 0.167. The molecule has 0 bridgehead atoms. The van der Waals surface area contributed by atoms with Crippen molar-refractivity contribution in [3.05, 3.63) is 96.3 Å². The Morgan fingerprint density at radius 2 is 1.68 bits per heavy atom. The lowest BCUT2D eigenvalue weighted by atomic mass is 9.79. The first kappa shape index (κ1) is 19.1. The molecule has 0 radical (unpaired) electrons. The molecule has 6 nitrogen and oxygen atoms in total. The average Bonchev–Trinajstić information content (AvgIpc) is 3.21. The molecule has 0 unspecified atom stereocenters. The standard InChI is InChI=1S/C24H20FN5O/c25-19-10-4-5-12-21(19)30-22(16-8-2-1-3-9-16)28-29-23(30)17-14-18(15-17)27-24(31)20-11-6-7-13-26-20/h1-13,17-18H,14-15H2,(H,27,31)/t17-,18-. The molecule has 0 spiro atoms. The molecule has 5 rings (SSSR count). The van der Waals surface area contributed by atoms with Crippen LogP contribution in [0.25, 0.3) is 17.1 Å². The largest absolute Gasteiger partial charge is 0.348 e. The summed E-state index contributed by atoms with van der Waals surface area (Å²) in [4.78, 5) is 16.4. The van der Waals surface area contributed by atoms with Crippen LogP contribution in [-0.4, -0.2) is 31.7 Å². The molecule has 0 saturated heterocycles. The van der Waals surface area contributed by atoms with Crippen molar-refractivity contribution in [2.45, 2.75) is 24.8 Å². The normalized spacial score (nSPS) is 17.7. The Morgan fingerprint density at radius 1 is 0.935 bits per heavy atom. The molecule has 1 fully saturated rings. The number of hydrogen-bond donors (Lipinski definition) is 1. The van der Waals surface area contributed by atoms with E-state index in [1.54, 1.807) is 47.2 Å². The van der Waals surface area contributed by atoms with Crippen LogP contribution in [0.1, 0.15) is 35.1 Å². The van der Waals surface area contributed by atoms with Crippen LogP contribution in [0, 0.1) is 5.82 Å². The molecule has 2 heterocycles. The highest BCUT2D eigenvalue weighted by Crippen LogP contribution is 2.39. The van der Waals surface area contributed by atoms with E-state index in [0.29, 0.717) is 35.9 Å². The molecule has 31 heavy (non-hydrogen) atoms. The van der Waals surface area contributed by atoms with Crippen LogP contribution in [0.15, 0.2) is 79.0 Å². The number of hydrogen-bond acceptors (Lipinski definition) is 4. The van der Waals surface area contributed by atoms with Crippen molar-refractivity contribution in [1.29, 1.82) is 0 Å². The summed E-state index contributed by atoms with van der Waals surface area (Å²) in [6, 6.07) is 21.5. The maximum Gasteiger partial charge on any atom is 0.270 e. The van der Waals surface area contributed by atoms with Crippen LogP contribution in [0.3, 0.4) is 0 Å². The molecule has 2 aromatic carbocycles. The van der Waals surface area contributed by atoms with Crippen LogP contribution in [0.5, 0.6) is 0 Å². The van der Waals surface area contributed by atoms with Crippen LogP contribution in [0.4, 0.5) is 4.39 Å². The first-order valence-corrected chi connectivity index (χ1v) is 10.2. The molecule has 7 heteroatoms. The van der Waals surface area contributed by atoms with Gasteiger partial charge < -0.3 is 5.32 Å². The van der Waals surface area contributed by atoms with Crippen LogP contribution in [0.2, 0.25) is 0 Å². The Balaban J connectivity index is 1.41. The zero-order chi connectivity index (χ0) is 21.2. The fourth-order valence-electron chi connectivity index (χ4n) is 3.91. The highest BCUT2D eigenvalue weighted by atomic mass is 19.1. The lowest BCUT2D eigenvalue weighted by Crippen LogP contribution is -2.44. The van der Waals surface area contributed by atoms with Gasteiger partial charge in [-0.3, -0.25) is 14.3 Å². The predicted molar refractivity (Wildman–Crippen MR) is 114 cm³/mol. The highest BCUT2D eigenvalue weighted by Gasteiger charge is 2.36. The summed E-state index contributed by atoms with van der Waals surface area (Å²) in [5, 5.41) is 11.8. The number of nitrogens with one attached hydrogen (secondary N) is 1. The first-order valence-electron chi connectivity index (χ1n) is 10.2. The number of para-hydroxylation sites is 1. The third kappa shape index (κ3) is 3.70. The van der Waals surface area contributed by atoms with E-state index in [2.05, 4.69) is 20.5 Å². The molecular formula is C24H20FN5O. The van der Waals surface area contributed by atoms with Crippen LogP contribution in [-0.2, 0) is 0 Å². The molecule has 4 aromatic rings. The van der Waals surface area contributed by atoms with Gasteiger partial charge in [-0.1, -0.05) is 48.5 Å². The maximum absolute atomic E-state index is 14.7. The third-order valence-corrected chi connectivity index (χ3v) is 5.55. The molecular weight excluding hydrogens is 393 g/mol. The van der Waals surface area contributed by atoms with Crippen molar-refractivity contribution in [3.63, 3.8) is 0 Å². The van der Waals surface area contributed by atoms with Crippen LogP contribution >= 0.6 is 0 Å². The quantitative estimate of drug-likeness (QED) is 0.534. The zero-order valence-corrected chi connectivity index (χ0v) is 16.6. The molecule has 2 aromatic heterocycles. The van der Waals surface area contributed by atoms with Gasteiger partial charge in [0.1, 0.15) is 17.3 Å². The van der Waals surface area contributed by atoms with Crippen molar-refractivity contribution < 1.29 is 9.18 Å². The molecule has 1 amide bonds. The van der Waals surface area contributed by atoms with E-state index in [-0.39, 0.29) is 23.7 Å². The molecule has 1 N–H and O–H groups in total.